The highest BCUT2D eigenvalue weighted by Gasteiger charge is 2.10. The van der Waals surface area contributed by atoms with E-state index in [4.69, 9.17) is 4.74 Å². The number of hydrogen-bond acceptors (Lipinski definition) is 6. The fraction of sp³-hybridized carbons (Fsp3) is 0.143. The Labute approximate surface area is 162 Å². The fourth-order valence-electron chi connectivity index (χ4n) is 2.47. The van der Waals surface area contributed by atoms with Crippen LogP contribution in [0, 0.1) is 0 Å². The summed E-state index contributed by atoms with van der Waals surface area (Å²) in [5.74, 6) is -0.679. The molecule has 0 aliphatic heterocycles. The van der Waals surface area contributed by atoms with E-state index in [-0.39, 0.29) is 5.91 Å². The van der Waals surface area contributed by atoms with Crippen LogP contribution >= 0.6 is 0 Å². The van der Waals surface area contributed by atoms with Gasteiger partial charge in [-0.25, -0.2) is 4.79 Å². The summed E-state index contributed by atoms with van der Waals surface area (Å²) >= 11 is 0. The maximum Gasteiger partial charge on any atom is 0.338 e. The maximum absolute atomic E-state index is 12.5. The van der Waals surface area contributed by atoms with Crippen LogP contribution in [0.5, 0.6) is 0 Å². The molecule has 2 aromatic heterocycles. The Morgan fingerprint density at radius 1 is 0.929 bits per heavy atom. The van der Waals surface area contributed by atoms with Crippen molar-refractivity contribution < 1.29 is 14.3 Å². The Morgan fingerprint density at radius 3 is 2.39 bits per heavy atom. The molecule has 142 valence electrons. The van der Waals surface area contributed by atoms with Crippen LogP contribution < -0.4 is 10.6 Å². The number of carbonyl (C=O) groups is 2. The van der Waals surface area contributed by atoms with Crippen molar-refractivity contribution in [3.8, 4) is 0 Å². The van der Waals surface area contributed by atoms with Crippen molar-refractivity contribution in [2.45, 2.75) is 13.5 Å². The van der Waals surface area contributed by atoms with Crippen LogP contribution in [0.2, 0.25) is 0 Å². The van der Waals surface area contributed by atoms with Gasteiger partial charge in [-0.2, -0.15) is 0 Å². The molecule has 2 heterocycles. The Bertz CT molecular complexity index is 943. The van der Waals surface area contributed by atoms with Gasteiger partial charge in [-0.05, 0) is 55.0 Å². The van der Waals surface area contributed by atoms with E-state index in [1.165, 1.54) is 6.20 Å². The first kappa shape index (κ1) is 19.0. The minimum Gasteiger partial charge on any atom is -0.462 e. The SMILES string of the molecule is CCOC(=O)c1ccc(NC(=O)c2cncc(NCc3ccncc3)c2)cc1. The number of nitrogens with zero attached hydrogens (tertiary/aromatic N) is 2. The summed E-state index contributed by atoms with van der Waals surface area (Å²) in [5.41, 5.74) is 3.25. The van der Waals surface area contributed by atoms with E-state index >= 15 is 0 Å². The predicted molar refractivity (Wildman–Crippen MR) is 106 cm³/mol. The van der Waals surface area contributed by atoms with Crippen LogP contribution in [0.3, 0.4) is 0 Å². The molecule has 0 bridgehead atoms. The molecule has 0 fully saturated rings. The Morgan fingerprint density at radius 2 is 1.68 bits per heavy atom. The van der Waals surface area contributed by atoms with Crippen LogP contribution in [0.1, 0.15) is 33.2 Å². The van der Waals surface area contributed by atoms with Gasteiger partial charge in [0.1, 0.15) is 0 Å². The largest absolute Gasteiger partial charge is 0.462 e. The van der Waals surface area contributed by atoms with Gasteiger partial charge in [0.2, 0.25) is 0 Å². The first-order valence-corrected chi connectivity index (χ1v) is 8.82. The molecule has 0 aliphatic carbocycles. The standard InChI is InChI=1S/C21H20N4O3/c1-2-28-21(27)16-3-5-18(6-4-16)25-20(26)17-11-19(14-23-13-17)24-12-15-7-9-22-10-8-15/h3-11,13-14,24H,2,12H2,1H3,(H,25,26). The van der Waals surface area contributed by atoms with Crippen LogP contribution in [-0.4, -0.2) is 28.5 Å². The molecule has 0 saturated heterocycles. The highest BCUT2D eigenvalue weighted by Crippen LogP contribution is 2.14. The average Bonchev–Trinajstić information content (AvgIpc) is 2.74. The Hall–Kier alpha value is -3.74. The molecule has 0 spiro atoms. The molecule has 0 unspecified atom stereocenters. The molecule has 7 heteroatoms. The number of rotatable bonds is 7. The van der Waals surface area contributed by atoms with E-state index in [9.17, 15) is 9.59 Å². The van der Waals surface area contributed by atoms with E-state index in [0.29, 0.717) is 30.0 Å². The van der Waals surface area contributed by atoms with E-state index < -0.39 is 5.97 Å². The molecule has 1 aromatic carbocycles. The van der Waals surface area contributed by atoms with Gasteiger partial charge < -0.3 is 15.4 Å². The van der Waals surface area contributed by atoms with Crippen LogP contribution in [0.15, 0.2) is 67.3 Å². The van der Waals surface area contributed by atoms with Gasteiger partial charge in [0.25, 0.3) is 5.91 Å². The van der Waals surface area contributed by atoms with E-state index in [2.05, 4.69) is 20.6 Å². The van der Waals surface area contributed by atoms with E-state index in [0.717, 1.165) is 11.3 Å². The molecule has 0 radical (unpaired) electrons. The van der Waals surface area contributed by atoms with E-state index in [1.807, 2.05) is 12.1 Å². The van der Waals surface area contributed by atoms with Crippen LogP contribution in [-0.2, 0) is 11.3 Å². The molecule has 3 aromatic rings. The number of nitrogens with one attached hydrogen (secondary N) is 2. The lowest BCUT2D eigenvalue weighted by Crippen LogP contribution is -2.13. The van der Waals surface area contributed by atoms with Crippen molar-refractivity contribution in [3.05, 3.63) is 83.9 Å². The third kappa shape index (κ3) is 5.14. The quantitative estimate of drug-likeness (QED) is 0.613. The molecule has 1 amide bonds. The zero-order valence-corrected chi connectivity index (χ0v) is 15.4. The van der Waals surface area contributed by atoms with Crippen LogP contribution in [0.25, 0.3) is 0 Å². The molecular formula is C21H20N4O3. The van der Waals surface area contributed by atoms with Gasteiger partial charge in [-0.3, -0.25) is 14.8 Å². The molecule has 2 N–H and O–H groups in total. The van der Waals surface area contributed by atoms with Gasteiger partial charge in [-0.1, -0.05) is 0 Å². The molecule has 3 rings (SSSR count). The summed E-state index contributed by atoms with van der Waals surface area (Å²) < 4.78 is 4.94. The summed E-state index contributed by atoms with van der Waals surface area (Å²) in [6.07, 6.45) is 6.62. The highest BCUT2D eigenvalue weighted by molar-refractivity contribution is 6.04. The molecule has 0 atom stereocenters. The fourth-order valence-corrected chi connectivity index (χ4v) is 2.47. The van der Waals surface area contributed by atoms with Crippen molar-refractivity contribution in [2.75, 3.05) is 17.2 Å². The van der Waals surface area contributed by atoms with Crippen molar-refractivity contribution in [1.29, 1.82) is 0 Å². The molecule has 7 nitrogen and oxygen atoms in total. The summed E-state index contributed by atoms with van der Waals surface area (Å²) in [4.78, 5) is 32.3. The molecular weight excluding hydrogens is 356 g/mol. The van der Waals surface area contributed by atoms with Gasteiger partial charge in [0.05, 0.1) is 23.4 Å². The van der Waals surface area contributed by atoms with Crippen molar-refractivity contribution in [1.82, 2.24) is 9.97 Å². The number of ether oxygens (including phenoxy) is 1. The normalized spacial score (nSPS) is 10.2. The zero-order valence-electron chi connectivity index (χ0n) is 15.4. The summed E-state index contributed by atoms with van der Waals surface area (Å²) in [5, 5.41) is 6.02. The van der Waals surface area contributed by atoms with Crippen molar-refractivity contribution in [2.24, 2.45) is 0 Å². The number of aromatic nitrogens is 2. The number of hydrogen-bond donors (Lipinski definition) is 2. The summed E-state index contributed by atoms with van der Waals surface area (Å²) in [6, 6.07) is 12.1. The second-order valence-electron chi connectivity index (χ2n) is 5.92. The Kier molecular flexibility index (Phi) is 6.30. The third-order valence-electron chi connectivity index (χ3n) is 3.90. The smallest absolute Gasteiger partial charge is 0.338 e. The molecule has 0 aliphatic rings. The van der Waals surface area contributed by atoms with Gasteiger partial charge >= 0.3 is 5.97 Å². The van der Waals surface area contributed by atoms with Crippen molar-refractivity contribution in [3.63, 3.8) is 0 Å². The molecule has 28 heavy (non-hydrogen) atoms. The average molecular weight is 376 g/mol. The predicted octanol–water partition coefficient (Wildman–Crippen LogP) is 3.52. The second-order valence-corrected chi connectivity index (χ2v) is 5.92. The van der Waals surface area contributed by atoms with Gasteiger partial charge in [0, 0.05) is 37.0 Å². The number of pyridine rings is 2. The number of esters is 1. The van der Waals surface area contributed by atoms with Gasteiger partial charge in [-0.15, -0.1) is 0 Å². The number of anilines is 2. The first-order chi connectivity index (χ1) is 13.7. The maximum atomic E-state index is 12.5. The lowest BCUT2D eigenvalue weighted by molar-refractivity contribution is 0.0526. The van der Waals surface area contributed by atoms with Crippen LogP contribution in [0.4, 0.5) is 11.4 Å². The minimum atomic E-state index is -0.391. The van der Waals surface area contributed by atoms with Gasteiger partial charge in [0.15, 0.2) is 0 Å². The summed E-state index contributed by atoms with van der Waals surface area (Å²) in [6.45, 7) is 2.67. The zero-order chi connectivity index (χ0) is 19.8. The first-order valence-electron chi connectivity index (χ1n) is 8.82. The van der Waals surface area contributed by atoms with E-state index in [1.54, 1.807) is 55.8 Å². The monoisotopic (exact) mass is 376 g/mol. The van der Waals surface area contributed by atoms with Crippen molar-refractivity contribution >= 4 is 23.3 Å². The lowest BCUT2D eigenvalue weighted by Gasteiger charge is -2.09. The number of carbonyl (C=O) groups excluding carboxylic acids is 2. The minimum absolute atomic E-state index is 0.288. The number of amides is 1. The number of benzene rings is 1. The third-order valence-corrected chi connectivity index (χ3v) is 3.90. The summed E-state index contributed by atoms with van der Waals surface area (Å²) in [7, 11) is 0. The second kappa shape index (κ2) is 9.27. The lowest BCUT2D eigenvalue weighted by atomic mass is 10.2. The Balaban J connectivity index is 1.62. The molecule has 0 saturated carbocycles. The highest BCUT2D eigenvalue weighted by atomic mass is 16.5. The topological polar surface area (TPSA) is 93.2 Å².